The number of guanidine groups is 1. The maximum Gasteiger partial charge on any atom is 0.191 e. The minimum absolute atomic E-state index is 0. The summed E-state index contributed by atoms with van der Waals surface area (Å²) < 4.78 is 5.45. The maximum atomic E-state index is 5.45. The second-order valence-electron chi connectivity index (χ2n) is 6.12. The van der Waals surface area contributed by atoms with E-state index in [1.54, 1.807) is 0 Å². The maximum absolute atomic E-state index is 5.45. The van der Waals surface area contributed by atoms with Crippen LogP contribution in [-0.2, 0) is 17.8 Å². The first-order valence-electron chi connectivity index (χ1n) is 9.19. The van der Waals surface area contributed by atoms with Gasteiger partial charge in [-0.2, -0.15) is 0 Å². The summed E-state index contributed by atoms with van der Waals surface area (Å²) in [6.07, 6.45) is 1.85. The molecule has 1 aromatic heterocycles. The molecule has 0 amide bonds. The standard InChI is InChI=1S/C20H27N5O.HI/c1-2-21-20(23-15-17-7-4-3-5-8-17)24-16-18-9-6-10-22-19(18)25-11-13-26-14-12-25;/h3-10H,2,11-16H2,1H3,(H2,21,23,24);1H. The number of morpholine rings is 1. The lowest BCUT2D eigenvalue weighted by molar-refractivity contribution is 0.122. The molecule has 0 saturated carbocycles. The molecule has 1 fully saturated rings. The zero-order valence-electron chi connectivity index (χ0n) is 15.7. The van der Waals surface area contributed by atoms with Gasteiger partial charge in [-0.25, -0.2) is 9.98 Å². The summed E-state index contributed by atoms with van der Waals surface area (Å²) in [5.74, 6) is 1.84. The quantitative estimate of drug-likeness (QED) is 0.378. The molecule has 7 heteroatoms. The Morgan fingerprint density at radius 3 is 2.63 bits per heavy atom. The Bertz CT molecular complexity index is 705. The molecular weight excluding hydrogens is 453 g/mol. The van der Waals surface area contributed by atoms with Crippen LogP contribution in [0, 0.1) is 0 Å². The van der Waals surface area contributed by atoms with Crippen molar-refractivity contribution in [2.75, 3.05) is 37.7 Å². The van der Waals surface area contributed by atoms with E-state index in [2.05, 4.69) is 50.6 Å². The number of anilines is 1. The van der Waals surface area contributed by atoms with Crippen LogP contribution in [0.2, 0.25) is 0 Å². The van der Waals surface area contributed by atoms with Crippen molar-refractivity contribution < 1.29 is 4.74 Å². The zero-order chi connectivity index (χ0) is 18.0. The average molecular weight is 481 g/mol. The van der Waals surface area contributed by atoms with Gasteiger partial charge in [0.25, 0.3) is 0 Å². The van der Waals surface area contributed by atoms with Crippen LogP contribution < -0.4 is 15.5 Å². The van der Waals surface area contributed by atoms with Gasteiger partial charge in [-0.15, -0.1) is 24.0 Å². The summed E-state index contributed by atoms with van der Waals surface area (Å²) in [5.41, 5.74) is 2.36. The normalized spacial score (nSPS) is 14.4. The van der Waals surface area contributed by atoms with Crippen molar-refractivity contribution in [3.8, 4) is 0 Å². The van der Waals surface area contributed by atoms with Gasteiger partial charge in [0.2, 0.25) is 0 Å². The molecule has 0 bridgehead atoms. The van der Waals surface area contributed by atoms with Crippen molar-refractivity contribution in [3.63, 3.8) is 0 Å². The van der Waals surface area contributed by atoms with Gasteiger partial charge >= 0.3 is 0 Å². The number of aliphatic imine (C=N–C) groups is 1. The lowest BCUT2D eigenvalue weighted by Gasteiger charge is -2.29. The predicted octanol–water partition coefficient (Wildman–Crippen LogP) is 2.79. The topological polar surface area (TPSA) is 61.8 Å². The minimum Gasteiger partial charge on any atom is -0.378 e. The molecule has 0 atom stereocenters. The third kappa shape index (κ3) is 6.66. The van der Waals surface area contributed by atoms with E-state index < -0.39 is 0 Å². The second kappa shape index (κ2) is 11.8. The van der Waals surface area contributed by atoms with Gasteiger partial charge in [0.1, 0.15) is 5.82 Å². The number of hydrogen-bond donors (Lipinski definition) is 2. The smallest absolute Gasteiger partial charge is 0.191 e. The highest BCUT2D eigenvalue weighted by Crippen LogP contribution is 2.18. The van der Waals surface area contributed by atoms with Crippen LogP contribution >= 0.6 is 24.0 Å². The third-order valence-corrected chi connectivity index (χ3v) is 4.23. The van der Waals surface area contributed by atoms with Gasteiger partial charge < -0.3 is 20.3 Å². The van der Waals surface area contributed by atoms with Gasteiger partial charge in [0, 0.05) is 37.9 Å². The first-order valence-corrected chi connectivity index (χ1v) is 9.19. The lowest BCUT2D eigenvalue weighted by atomic mass is 10.2. The summed E-state index contributed by atoms with van der Waals surface area (Å²) >= 11 is 0. The zero-order valence-corrected chi connectivity index (χ0v) is 18.1. The molecule has 0 unspecified atom stereocenters. The number of benzene rings is 1. The molecule has 3 rings (SSSR count). The van der Waals surface area contributed by atoms with Gasteiger partial charge in [0.15, 0.2) is 5.96 Å². The average Bonchev–Trinajstić information content (AvgIpc) is 2.72. The van der Waals surface area contributed by atoms with E-state index in [0.717, 1.165) is 44.6 Å². The highest BCUT2D eigenvalue weighted by molar-refractivity contribution is 14.0. The molecule has 1 saturated heterocycles. The van der Waals surface area contributed by atoms with E-state index in [-0.39, 0.29) is 24.0 Å². The van der Waals surface area contributed by atoms with E-state index in [9.17, 15) is 0 Å². The summed E-state index contributed by atoms with van der Waals surface area (Å²) in [6.45, 7) is 7.50. The van der Waals surface area contributed by atoms with Crippen LogP contribution in [0.25, 0.3) is 0 Å². The fourth-order valence-corrected chi connectivity index (χ4v) is 2.90. The van der Waals surface area contributed by atoms with Crippen molar-refractivity contribution in [2.24, 2.45) is 4.99 Å². The SMILES string of the molecule is CCNC(=NCc1ccccc1)NCc1cccnc1N1CCOCC1.I. The molecule has 6 nitrogen and oxygen atoms in total. The van der Waals surface area contributed by atoms with Crippen LogP contribution in [0.4, 0.5) is 5.82 Å². The fourth-order valence-electron chi connectivity index (χ4n) is 2.90. The number of pyridine rings is 1. The summed E-state index contributed by atoms with van der Waals surface area (Å²) in [4.78, 5) is 11.6. The van der Waals surface area contributed by atoms with Crippen LogP contribution in [0.1, 0.15) is 18.1 Å². The van der Waals surface area contributed by atoms with Crippen molar-refractivity contribution in [2.45, 2.75) is 20.0 Å². The summed E-state index contributed by atoms with van der Waals surface area (Å²) in [6, 6.07) is 14.4. The van der Waals surface area contributed by atoms with Crippen LogP contribution in [0.15, 0.2) is 53.7 Å². The summed E-state index contributed by atoms with van der Waals surface area (Å²) in [5, 5.41) is 6.73. The van der Waals surface area contributed by atoms with Crippen LogP contribution in [-0.4, -0.2) is 43.8 Å². The molecule has 2 N–H and O–H groups in total. The molecule has 27 heavy (non-hydrogen) atoms. The monoisotopic (exact) mass is 481 g/mol. The van der Waals surface area contributed by atoms with E-state index in [0.29, 0.717) is 13.1 Å². The largest absolute Gasteiger partial charge is 0.378 e. The second-order valence-corrected chi connectivity index (χ2v) is 6.12. The van der Waals surface area contributed by atoms with Crippen LogP contribution in [0.3, 0.4) is 0 Å². The Morgan fingerprint density at radius 1 is 1.11 bits per heavy atom. The number of rotatable bonds is 6. The first kappa shape index (κ1) is 21.4. The van der Waals surface area contributed by atoms with E-state index in [1.807, 2.05) is 30.5 Å². The number of ether oxygens (including phenoxy) is 1. The van der Waals surface area contributed by atoms with Crippen molar-refractivity contribution >= 4 is 35.8 Å². The fraction of sp³-hybridized carbons (Fsp3) is 0.400. The highest BCUT2D eigenvalue weighted by atomic mass is 127. The van der Waals surface area contributed by atoms with E-state index in [4.69, 9.17) is 4.74 Å². The van der Waals surface area contributed by atoms with E-state index in [1.165, 1.54) is 11.1 Å². The van der Waals surface area contributed by atoms with Gasteiger partial charge in [-0.3, -0.25) is 0 Å². The Hall–Kier alpha value is -1.87. The number of nitrogens with one attached hydrogen (secondary N) is 2. The highest BCUT2D eigenvalue weighted by Gasteiger charge is 2.15. The van der Waals surface area contributed by atoms with E-state index >= 15 is 0 Å². The Morgan fingerprint density at radius 2 is 1.89 bits per heavy atom. The van der Waals surface area contributed by atoms with Gasteiger partial charge in [0.05, 0.1) is 19.8 Å². The first-order chi connectivity index (χ1) is 12.9. The Kier molecular flexibility index (Phi) is 9.34. The van der Waals surface area contributed by atoms with Crippen molar-refractivity contribution in [3.05, 3.63) is 59.8 Å². The van der Waals surface area contributed by atoms with Crippen molar-refractivity contribution in [1.29, 1.82) is 0 Å². The van der Waals surface area contributed by atoms with Gasteiger partial charge in [-0.1, -0.05) is 36.4 Å². The molecule has 1 aromatic carbocycles. The Labute approximate surface area is 178 Å². The molecule has 1 aliphatic rings. The minimum atomic E-state index is 0. The number of halogens is 1. The molecule has 0 aliphatic carbocycles. The summed E-state index contributed by atoms with van der Waals surface area (Å²) in [7, 11) is 0. The molecule has 0 spiro atoms. The Balaban J connectivity index is 0.00000261. The molecule has 1 aliphatic heterocycles. The number of hydrogen-bond acceptors (Lipinski definition) is 4. The molecule has 0 radical (unpaired) electrons. The van der Waals surface area contributed by atoms with Crippen molar-refractivity contribution in [1.82, 2.24) is 15.6 Å². The predicted molar refractivity (Wildman–Crippen MR) is 121 cm³/mol. The van der Waals surface area contributed by atoms with Crippen LogP contribution in [0.5, 0.6) is 0 Å². The third-order valence-electron chi connectivity index (χ3n) is 4.23. The number of aromatic nitrogens is 1. The molecule has 146 valence electrons. The lowest BCUT2D eigenvalue weighted by Crippen LogP contribution is -2.39. The molecular formula is C20H28IN5O. The number of nitrogens with zero attached hydrogens (tertiary/aromatic N) is 3. The molecule has 2 heterocycles. The van der Waals surface area contributed by atoms with Gasteiger partial charge in [-0.05, 0) is 18.6 Å². The molecule has 2 aromatic rings.